The molecule has 0 saturated heterocycles. The molecule has 112 valence electrons. The fourth-order valence-electron chi connectivity index (χ4n) is 1.45. The Morgan fingerprint density at radius 1 is 1.35 bits per heavy atom. The minimum Gasteiger partial charge on any atom is -0.462 e. The Kier molecular flexibility index (Phi) is 11.1. The standard InChI is InChI=1S/C15H24N2O3/c1-4-6-9-17(11-12-19-3)10-7-8-14(13-16)15(18)20-5-2/h7-8,10H,4-6,9,11-12H2,1-3H3/b10-7+,14-8+. The number of methoxy groups -OCH3 is 1. The summed E-state index contributed by atoms with van der Waals surface area (Å²) in [5.74, 6) is -0.586. The summed E-state index contributed by atoms with van der Waals surface area (Å²) in [4.78, 5) is 13.5. The molecule has 0 aliphatic rings. The molecule has 0 aliphatic carbocycles. The van der Waals surface area contributed by atoms with Crippen LogP contribution in [-0.2, 0) is 14.3 Å². The summed E-state index contributed by atoms with van der Waals surface area (Å²) in [6, 6.07) is 1.84. The average Bonchev–Trinajstić information content (AvgIpc) is 2.45. The van der Waals surface area contributed by atoms with Crippen molar-refractivity contribution in [1.82, 2.24) is 4.90 Å². The van der Waals surface area contributed by atoms with Crippen molar-refractivity contribution in [2.45, 2.75) is 26.7 Å². The number of hydrogen-bond acceptors (Lipinski definition) is 5. The van der Waals surface area contributed by atoms with E-state index in [1.54, 1.807) is 20.1 Å². The van der Waals surface area contributed by atoms with E-state index in [4.69, 9.17) is 14.7 Å². The maximum Gasteiger partial charge on any atom is 0.348 e. The highest BCUT2D eigenvalue weighted by atomic mass is 16.5. The molecular weight excluding hydrogens is 256 g/mol. The van der Waals surface area contributed by atoms with Crippen LogP contribution < -0.4 is 0 Å². The van der Waals surface area contributed by atoms with Gasteiger partial charge in [0.25, 0.3) is 0 Å². The van der Waals surface area contributed by atoms with E-state index in [-0.39, 0.29) is 12.2 Å². The van der Waals surface area contributed by atoms with Crippen molar-refractivity contribution < 1.29 is 14.3 Å². The number of unbranched alkanes of at least 4 members (excludes halogenated alkanes) is 1. The lowest BCUT2D eigenvalue weighted by Gasteiger charge is -2.19. The monoisotopic (exact) mass is 280 g/mol. The number of carbonyl (C=O) groups excluding carboxylic acids is 1. The third-order valence-corrected chi connectivity index (χ3v) is 2.56. The first-order valence-corrected chi connectivity index (χ1v) is 6.88. The van der Waals surface area contributed by atoms with Gasteiger partial charge in [0.15, 0.2) is 0 Å². The van der Waals surface area contributed by atoms with Gasteiger partial charge in [-0.3, -0.25) is 0 Å². The van der Waals surface area contributed by atoms with Gasteiger partial charge in [-0.2, -0.15) is 5.26 Å². The summed E-state index contributed by atoms with van der Waals surface area (Å²) >= 11 is 0. The largest absolute Gasteiger partial charge is 0.462 e. The predicted octanol–water partition coefficient (Wildman–Crippen LogP) is 2.26. The van der Waals surface area contributed by atoms with E-state index >= 15 is 0 Å². The lowest BCUT2D eigenvalue weighted by atomic mass is 10.2. The molecule has 5 heteroatoms. The summed E-state index contributed by atoms with van der Waals surface area (Å²) in [5, 5.41) is 8.88. The van der Waals surface area contributed by atoms with Crippen LogP contribution in [0.2, 0.25) is 0 Å². The number of esters is 1. The van der Waals surface area contributed by atoms with Gasteiger partial charge >= 0.3 is 5.97 Å². The molecule has 0 rings (SSSR count). The van der Waals surface area contributed by atoms with Crippen LogP contribution in [-0.4, -0.2) is 44.3 Å². The smallest absolute Gasteiger partial charge is 0.348 e. The van der Waals surface area contributed by atoms with Crippen molar-refractivity contribution in [3.05, 3.63) is 23.9 Å². The molecule has 0 saturated carbocycles. The van der Waals surface area contributed by atoms with Crippen LogP contribution >= 0.6 is 0 Å². The zero-order chi connectivity index (χ0) is 15.2. The lowest BCUT2D eigenvalue weighted by Crippen LogP contribution is -2.22. The van der Waals surface area contributed by atoms with Crippen molar-refractivity contribution in [3.63, 3.8) is 0 Å². The molecule has 5 nitrogen and oxygen atoms in total. The summed E-state index contributed by atoms with van der Waals surface area (Å²) < 4.78 is 9.84. The Hall–Kier alpha value is -1.80. The number of carbonyl (C=O) groups is 1. The first-order chi connectivity index (χ1) is 9.69. The Balaban J connectivity index is 4.57. The highest BCUT2D eigenvalue weighted by Gasteiger charge is 2.07. The molecule has 0 aromatic carbocycles. The van der Waals surface area contributed by atoms with E-state index in [2.05, 4.69) is 11.8 Å². The Morgan fingerprint density at radius 2 is 2.10 bits per heavy atom. The van der Waals surface area contributed by atoms with E-state index in [0.29, 0.717) is 6.61 Å². The molecule has 0 spiro atoms. The number of allylic oxidation sites excluding steroid dienone is 2. The quantitative estimate of drug-likeness (QED) is 0.266. The first-order valence-electron chi connectivity index (χ1n) is 6.88. The molecule has 0 aromatic rings. The molecule has 0 aromatic heterocycles. The van der Waals surface area contributed by atoms with Crippen LogP contribution in [0.15, 0.2) is 23.9 Å². The summed E-state index contributed by atoms with van der Waals surface area (Å²) in [6.45, 7) is 6.44. The van der Waals surface area contributed by atoms with Crippen LogP contribution in [0.1, 0.15) is 26.7 Å². The van der Waals surface area contributed by atoms with E-state index in [1.807, 2.05) is 12.3 Å². The third kappa shape index (κ3) is 8.33. The normalized spacial score (nSPS) is 11.4. The zero-order valence-electron chi connectivity index (χ0n) is 12.6. The summed E-state index contributed by atoms with van der Waals surface area (Å²) in [7, 11) is 1.66. The van der Waals surface area contributed by atoms with Crippen molar-refractivity contribution >= 4 is 5.97 Å². The Morgan fingerprint density at radius 3 is 2.65 bits per heavy atom. The van der Waals surface area contributed by atoms with Crippen molar-refractivity contribution in [1.29, 1.82) is 5.26 Å². The second kappa shape index (κ2) is 12.2. The predicted molar refractivity (Wildman–Crippen MR) is 77.8 cm³/mol. The highest BCUT2D eigenvalue weighted by molar-refractivity contribution is 5.93. The molecule has 0 amide bonds. The number of rotatable bonds is 10. The number of nitriles is 1. The van der Waals surface area contributed by atoms with E-state index in [1.165, 1.54) is 6.08 Å². The van der Waals surface area contributed by atoms with Gasteiger partial charge in [0.2, 0.25) is 0 Å². The van der Waals surface area contributed by atoms with Crippen LogP contribution in [0.25, 0.3) is 0 Å². The fourth-order valence-corrected chi connectivity index (χ4v) is 1.45. The van der Waals surface area contributed by atoms with Gasteiger partial charge in [-0.25, -0.2) is 4.79 Å². The maximum absolute atomic E-state index is 11.4. The van der Waals surface area contributed by atoms with Gasteiger partial charge in [0.1, 0.15) is 11.6 Å². The van der Waals surface area contributed by atoms with Crippen molar-refractivity contribution in [3.8, 4) is 6.07 Å². The second-order valence-corrected chi connectivity index (χ2v) is 4.14. The molecular formula is C15H24N2O3. The number of ether oxygens (including phenoxy) is 2. The molecule has 0 unspecified atom stereocenters. The van der Waals surface area contributed by atoms with Gasteiger partial charge in [0.05, 0.1) is 13.2 Å². The topological polar surface area (TPSA) is 62.6 Å². The number of hydrogen-bond donors (Lipinski definition) is 0. The summed E-state index contributed by atoms with van der Waals surface area (Å²) in [6.07, 6.45) is 7.23. The minimum atomic E-state index is -0.586. The lowest BCUT2D eigenvalue weighted by molar-refractivity contribution is -0.138. The molecule has 0 aliphatic heterocycles. The van der Waals surface area contributed by atoms with Gasteiger partial charge in [-0.05, 0) is 31.7 Å². The first kappa shape index (κ1) is 18.2. The average molecular weight is 280 g/mol. The van der Waals surface area contributed by atoms with Crippen LogP contribution in [0.4, 0.5) is 0 Å². The van der Waals surface area contributed by atoms with Crippen LogP contribution in [0.3, 0.4) is 0 Å². The zero-order valence-corrected chi connectivity index (χ0v) is 12.6. The highest BCUT2D eigenvalue weighted by Crippen LogP contribution is 2.00. The third-order valence-electron chi connectivity index (χ3n) is 2.56. The maximum atomic E-state index is 11.4. The molecule has 0 fully saturated rings. The van der Waals surface area contributed by atoms with Crippen molar-refractivity contribution in [2.75, 3.05) is 33.4 Å². The van der Waals surface area contributed by atoms with Gasteiger partial charge < -0.3 is 14.4 Å². The fraction of sp³-hybridized carbons (Fsp3) is 0.600. The summed E-state index contributed by atoms with van der Waals surface area (Å²) in [5.41, 5.74) is 0.00489. The minimum absolute atomic E-state index is 0.00489. The molecule has 0 atom stereocenters. The van der Waals surface area contributed by atoms with Crippen molar-refractivity contribution in [2.24, 2.45) is 0 Å². The van der Waals surface area contributed by atoms with E-state index in [9.17, 15) is 4.79 Å². The SMILES string of the molecule is CCCCN(/C=C/C=C(\C#N)C(=O)OCC)CCOC. The van der Waals surface area contributed by atoms with Crippen LogP contribution in [0, 0.1) is 11.3 Å². The van der Waals surface area contributed by atoms with E-state index < -0.39 is 5.97 Å². The molecule has 0 N–H and O–H groups in total. The number of nitrogens with zero attached hydrogens (tertiary/aromatic N) is 2. The Bertz CT molecular complexity index is 362. The Labute approximate surface area is 121 Å². The molecule has 20 heavy (non-hydrogen) atoms. The van der Waals surface area contributed by atoms with Crippen LogP contribution in [0.5, 0.6) is 0 Å². The van der Waals surface area contributed by atoms with Gasteiger partial charge in [-0.1, -0.05) is 13.3 Å². The van der Waals surface area contributed by atoms with E-state index in [0.717, 1.165) is 25.9 Å². The molecule has 0 bridgehead atoms. The second-order valence-electron chi connectivity index (χ2n) is 4.14. The molecule has 0 heterocycles. The molecule has 0 radical (unpaired) electrons. The van der Waals surface area contributed by atoms with Gasteiger partial charge in [0, 0.05) is 20.2 Å². The van der Waals surface area contributed by atoms with Gasteiger partial charge in [-0.15, -0.1) is 0 Å².